The predicted octanol–water partition coefficient (Wildman–Crippen LogP) is 3.29. The molecule has 0 aliphatic carbocycles. The van der Waals surface area contributed by atoms with Gasteiger partial charge in [-0.3, -0.25) is 0 Å². The Kier molecular flexibility index (Phi) is 3.77. The zero-order valence-corrected chi connectivity index (χ0v) is 11.3. The van der Waals surface area contributed by atoms with Gasteiger partial charge in [0, 0.05) is 5.56 Å². The van der Waals surface area contributed by atoms with Crippen LogP contribution in [-0.2, 0) is 0 Å². The molecule has 4 nitrogen and oxygen atoms in total. The van der Waals surface area contributed by atoms with E-state index in [4.69, 9.17) is 16.3 Å². The molecular formula is C13H14ClN3O. The van der Waals surface area contributed by atoms with E-state index in [0.717, 1.165) is 11.1 Å². The van der Waals surface area contributed by atoms with Crippen LogP contribution in [-0.4, -0.2) is 21.1 Å². The number of aromatic nitrogens is 3. The van der Waals surface area contributed by atoms with Gasteiger partial charge < -0.3 is 4.74 Å². The second-order valence-corrected chi connectivity index (χ2v) is 4.53. The predicted molar refractivity (Wildman–Crippen MR) is 70.8 cm³/mol. The van der Waals surface area contributed by atoms with Gasteiger partial charge >= 0.3 is 6.01 Å². The van der Waals surface area contributed by atoms with Crippen molar-refractivity contribution in [1.29, 1.82) is 0 Å². The smallest absolute Gasteiger partial charge is 0.321 e. The van der Waals surface area contributed by atoms with Crippen LogP contribution >= 0.6 is 11.6 Å². The molecule has 0 saturated carbocycles. The standard InChI is InChI=1S/C13H14ClN3O/c1-8(2)18-13-16-11(15-12(14)17-13)10-7-5-4-6-9(10)3/h4-8H,1-3H3. The summed E-state index contributed by atoms with van der Waals surface area (Å²) in [6, 6.07) is 8.09. The van der Waals surface area contributed by atoms with E-state index in [0.29, 0.717) is 5.82 Å². The summed E-state index contributed by atoms with van der Waals surface area (Å²) in [4.78, 5) is 12.4. The minimum absolute atomic E-state index is 0.00631. The number of hydrogen-bond donors (Lipinski definition) is 0. The number of ether oxygens (including phenoxy) is 1. The fraction of sp³-hybridized carbons (Fsp3) is 0.308. The van der Waals surface area contributed by atoms with Gasteiger partial charge in [-0.05, 0) is 37.9 Å². The first kappa shape index (κ1) is 12.8. The Morgan fingerprint density at radius 3 is 2.50 bits per heavy atom. The van der Waals surface area contributed by atoms with Crippen molar-refractivity contribution in [3.8, 4) is 17.4 Å². The third-order valence-corrected chi connectivity index (χ3v) is 2.48. The number of hydrogen-bond acceptors (Lipinski definition) is 4. The Bertz CT molecular complexity index is 558. The Balaban J connectivity index is 2.45. The van der Waals surface area contributed by atoms with Crippen LogP contribution in [0.5, 0.6) is 6.01 Å². The average Bonchev–Trinajstić information content (AvgIpc) is 2.27. The van der Waals surface area contributed by atoms with Crippen molar-refractivity contribution in [3.05, 3.63) is 35.1 Å². The minimum Gasteiger partial charge on any atom is -0.461 e. The SMILES string of the molecule is Cc1ccccc1-c1nc(Cl)nc(OC(C)C)n1. The van der Waals surface area contributed by atoms with E-state index in [1.807, 2.05) is 45.0 Å². The van der Waals surface area contributed by atoms with Crippen LogP contribution in [0.3, 0.4) is 0 Å². The number of benzene rings is 1. The van der Waals surface area contributed by atoms with E-state index in [9.17, 15) is 0 Å². The van der Waals surface area contributed by atoms with E-state index in [-0.39, 0.29) is 17.4 Å². The van der Waals surface area contributed by atoms with Crippen LogP contribution in [0, 0.1) is 6.92 Å². The largest absolute Gasteiger partial charge is 0.461 e. The first-order chi connectivity index (χ1) is 8.56. The lowest BCUT2D eigenvalue weighted by molar-refractivity contribution is 0.222. The van der Waals surface area contributed by atoms with Crippen LogP contribution in [0.25, 0.3) is 11.4 Å². The summed E-state index contributed by atoms with van der Waals surface area (Å²) in [7, 11) is 0. The molecule has 0 bridgehead atoms. The number of halogens is 1. The molecule has 2 rings (SSSR count). The quantitative estimate of drug-likeness (QED) is 0.853. The normalized spacial score (nSPS) is 10.7. The average molecular weight is 264 g/mol. The van der Waals surface area contributed by atoms with Gasteiger partial charge in [0.05, 0.1) is 6.10 Å². The van der Waals surface area contributed by atoms with Crippen LogP contribution in [0.15, 0.2) is 24.3 Å². The Labute approximate surface area is 111 Å². The molecule has 0 aliphatic rings. The molecule has 0 N–H and O–H groups in total. The zero-order chi connectivity index (χ0) is 13.1. The molecule has 2 aromatic rings. The van der Waals surface area contributed by atoms with Gasteiger partial charge in [0.1, 0.15) is 0 Å². The molecule has 0 unspecified atom stereocenters. The monoisotopic (exact) mass is 263 g/mol. The van der Waals surface area contributed by atoms with Crippen LogP contribution in [0.1, 0.15) is 19.4 Å². The summed E-state index contributed by atoms with van der Waals surface area (Å²) in [5, 5.41) is 0.138. The zero-order valence-electron chi connectivity index (χ0n) is 10.5. The van der Waals surface area contributed by atoms with Gasteiger partial charge in [-0.1, -0.05) is 24.3 Å². The van der Waals surface area contributed by atoms with Crippen molar-refractivity contribution in [2.24, 2.45) is 0 Å². The second kappa shape index (κ2) is 5.31. The summed E-state index contributed by atoms with van der Waals surface area (Å²) < 4.78 is 5.45. The fourth-order valence-electron chi connectivity index (χ4n) is 1.54. The molecule has 1 aromatic heterocycles. The third kappa shape index (κ3) is 2.96. The first-order valence-corrected chi connectivity index (χ1v) is 6.08. The number of nitrogens with zero attached hydrogens (tertiary/aromatic N) is 3. The lowest BCUT2D eigenvalue weighted by Gasteiger charge is -2.09. The van der Waals surface area contributed by atoms with Crippen molar-refractivity contribution in [2.75, 3.05) is 0 Å². The highest BCUT2D eigenvalue weighted by molar-refractivity contribution is 6.28. The Morgan fingerprint density at radius 1 is 1.11 bits per heavy atom. The summed E-state index contributed by atoms with van der Waals surface area (Å²) in [5.41, 5.74) is 2.01. The molecule has 5 heteroatoms. The summed E-state index contributed by atoms with van der Waals surface area (Å²) in [5.74, 6) is 0.531. The molecule has 0 fully saturated rings. The molecule has 0 amide bonds. The van der Waals surface area contributed by atoms with Crippen molar-refractivity contribution >= 4 is 11.6 Å². The van der Waals surface area contributed by atoms with Gasteiger partial charge in [-0.25, -0.2) is 0 Å². The van der Waals surface area contributed by atoms with Crippen LogP contribution in [0.2, 0.25) is 5.28 Å². The van der Waals surface area contributed by atoms with Crippen molar-refractivity contribution in [1.82, 2.24) is 15.0 Å². The lowest BCUT2D eigenvalue weighted by Crippen LogP contribution is -2.09. The van der Waals surface area contributed by atoms with Crippen molar-refractivity contribution in [3.63, 3.8) is 0 Å². The van der Waals surface area contributed by atoms with Crippen molar-refractivity contribution < 1.29 is 4.74 Å². The van der Waals surface area contributed by atoms with Gasteiger partial charge in [-0.15, -0.1) is 0 Å². The second-order valence-electron chi connectivity index (χ2n) is 4.19. The molecule has 0 saturated heterocycles. The molecule has 1 aromatic carbocycles. The maximum atomic E-state index is 5.89. The van der Waals surface area contributed by atoms with Gasteiger partial charge in [-0.2, -0.15) is 15.0 Å². The Hall–Kier alpha value is -1.68. The molecule has 0 aliphatic heterocycles. The first-order valence-electron chi connectivity index (χ1n) is 5.70. The highest BCUT2D eigenvalue weighted by atomic mass is 35.5. The molecule has 0 atom stereocenters. The molecule has 94 valence electrons. The van der Waals surface area contributed by atoms with Crippen molar-refractivity contribution in [2.45, 2.75) is 26.9 Å². The van der Waals surface area contributed by atoms with Gasteiger partial charge in [0.25, 0.3) is 0 Å². The highest BCUT2D eigenvalue weighted by Crippen LogP contribution is 2.22. The summed E-state index contributed by atoms with van der Waals surface area (Å²) >= 11 is 5.89. The maximum Gasteiger partial charge on any atom is 0.321 e. The Morgan fingerprint density at radius 2 is 1.83 bits per heavy atom. The van der Waals surface area contributed by atoms with Gasteiger partial charge in [0.15, 0.2) is 5.82 Å². The molecule has 18 heavy (non-hydrogen) atoms. The molecule has 1 heterocycles. The van der Waals surface area contributed by atoms with E-state index < -0.39 is 0 Å². The van der Waals surface area contributed by atoms with Gasteiger partial charge in [0.2, 0.25) is 5.28 Å². The maximum absolute atomic E-state index is 5.89. The minimum atomic E-state index is -0.00631. The van der Waals surface area contributed by atoms with E-state index in [1.165, 1.54) is 0 Å². The molecular weight excluding hydrogens is 250 g/mol. The van der Waals surface area contributed by atoms with E-state index >= 15 is 0 Å². The topological polar surface area (TPSA) is 47.9 Å². The summed E-state index contributed by atoms with van der Waals surface area (Å²) in [6.45, 7) is 5.81. The van der Waals surface area contributed by atoms with Crippen LogP contribution < -0.4 is 4.74 Å². The van der Waals surface area contributed by atoms with Crippen LogP contribution in [0.4, 0.5) is 0 Å². The van der Waals surface area contributed by atoms with E-state index in [1.54, 1.807) is 0 Å². The number of rotatable bonds is 3. The molecule has 0 spiro atoms. The summed E-state index contributed by atoms with van der Waals surface area (Å²) in [6.07, 6.45) is -0.00631. The lowest BCUT2D eigenvalue weighted by atomic mass is 10.1. The fourth-order valence-corrected chi connectivity index (χ4v) is 1.69. The van der Waals surface area contributed by atoms with E-state index in [2.05, 4.69) is 15.0 Å². The molecule has 0 radical (unpaired) electrons. The number of aryl methyl sites for hydroxylation is 1. The third-order valence-electron chi connectivity index (χ3n) is 2.31. The highest BCUT2D eigenvalue weighted by Gasteiger charge is 2.10.